The molecule has 1 aromatic carbocycles. The second-order valence-corrected chi connectivity index (χ2v) is 7.19. The van der Waals surface area contributed by atoms with Gasteiger partial charge in [-0.3, -0.25) is 4.98 Å². The third-order valence-corrected chi connectivity index (χ3v) is 5.70. The van der Waals surface area contributed by atoms with E-state index in [1.54, 1.807) is 23.1 Å². The van der Waals surface area contributed by atoms with Crippen molar-refractivity contribution in [2.24, 2.45) is 0 Å². The van der Waals surface area contributed by atoms with Crippen molar-refractivity contribution in [1.82, 2.24) is 9.97 Å². The van der Waals surface area contributed by atoms with Gasteiger partial charge >= 0.3 is 5.97 Å². The van der Waals surface area contributed by atoms with E-state index >= 15 is 0 Å². The number of para-hydroxylation sites is 1. The first kappa shape index (κ1) is 16.0. The molecule has 0 saturated heterocycles. The summed E-state index contributed by atoms with van der Waals surface area (Å²) in [6.45, 7) is 3.91. The van der Waals surface area contributed by atoms with Gasteiger partial charge in [0.1, 0.15) is 4.34 Å². The third-order valence-electron chi connectivity index (χ3n) is 3.55. The van der Waals surface area contributed by atoms with Crippen LogP contribution in [-0.4, -0.2) is 23.0 Å². The summed E-state index contributed by atoms with van der Waals surface area (Å²) in [7, 11) is 1.40. The number of pyridine rings is 1. The van der Waals surface area contributed by atoms with E-state index in [1.807, 2.05) is 43.5 Å². The lowest BCUT2D eigenvalue weighted by Gasteiger charge is -2.12. The van der Waals surface area contributed by atoms with Gasteiger partial charge in [-0.2, -0.15) is 0 Å². The van der Waals surface area contributed by atoms with E-state index in [0.29, 0.717) is 11.3 Å². The maximum Gasteiger partial charge on any atom is 0.340 e. The fraction of sp³-hybridized carbons (Fsp3) is 0.235. The molecule has 0 radical (unpaired) electrons. The Morgan fingerprint density at radius 3 is 2.74 bits per heavy atom. The van der Waals surface area contributed by atoms with Crippen LogP contribution in [0.15, 0.2) is 34.0 Å². The Hall–Kier alpha value is -1.92. The number of aromatic nitrogens is 2. The largest absolute Gasteiger partial charge is 0.465 e. The molecule has 0 amide bonds. The number of carbonyl (C=O) groups excluding carboxylic acids is 1. The van der Waals surface area contributed by atoms with Gasteiger partial charge in [-0.1, -0.05) is 30.0 Å². The Labute approximate surface area is 142 Å². The van der Waals surface area contributed by atoms with Gasteiger partial charge in [0.05, 0.1) is 23.9 Å². The summed E-state index contributed by atoms with van der Waals surface area (Å²) >= 11 is 3.20. The van der Waals surface area contributed by atoms with E-state index in [2.05, 4.69) is 9.97 Å². The molecule has 0 N–H and O–H groups in total. The maximum atomic E-state index is 12.2. The van der Waals surface area contributed by atoms with Crippen molar-refractivity contribution in [1.29, 1.82) is 0 Å². The number of thiazole rings is 1. The average molecular weight is 344 g/mol. The molecule has 23 heavy (non-hydrogen) atoms. The first-order valence-electron chi connectivity index (χ1n) is 7.11. The molecule has 3 rings (SSSR count). The zero-order valence-corrected chi connectivity index (χ0v) is 14.8. The van der Waals surface area contributed by atoms with E-state index in [4.69, 9.17) is 4.74 Å². The van der Waals surface area contributed by atoms with Crippen molar-refractivity contribution in [3.8, 4) is 0 Å². The molecule has 6 heteroatoms. The Bertz CT molecular complexity index is 874. The van der Waals surface area contributed by atoms with Gasteiger partial charge in [0.2, 0.25) is 0 Å². The smallest absolute Gasteiger partial charge is 0.340 e. The molecular formula is C17H16N2O2S2. The molecule has 0 saturated carbocycles. The normalized spacial score (nSPS) is 10.9. The number of methoxy groups -OCH3 is 1. The van der Waals surface area contributed by atoms with Crippen molar-refractivity contribution in [3.63, 3.8) is 0 Å². The molecule has 2 heterocycles. The van der Waals surface area contributed by atoms with Crippen molar-refractivity contribution in [2.45, 2.75) is 23.9 Å². The number of thioether (sulfide) groups is 1. The summed E-state index contributed by atoms with van der Waals surface area (Å²) in [5.74, 6) is 0.245. The van der Waals surface area contributed by atoms with Crippen molar-refractivity contribution < 1.29 is 9.53 Å². The number of fused-ring (bicyclic) bond motifs is 1. The zero-order chi connectivity index (χ0) is 16.4. The molecular weight excluding hydrogens is 328 g/mol. The van der Waals surface area contributed by atoms with E-state index in [0.717, 1.165) is 32.2 Å². The lowest BCUT2D eigenvalue weighted by atomic mass is 10.0. The van der Waals surface area contributed by atoms with Crippen molar-refractivity contribution in [2.75, 3.05) is 7.11 Å². The highest BCUT2D eigenvalue weighted by atomic mass is 32.2. The number of carbonyl (C=O) groups is 1. The van der Waals surface area contributed by atoms with Crippen LogP contribution in [-0.2, 0) is 10.5 Å². The molecule has 2 aromatic heterocycles. The minimum Gasteiger partial charge on any atom is -0.465 e. The van der Waals surface area contributed by atoms with Crippen LogP contribution < -0.4 is 0 Å². The molecule has 0 spiro atoms. The third kappa shape index (κ3) is 3.23. The molecule has 0 aliphatic heterocycles. The Morgan fingerprint density at radius 1 is 1.26 bits per heavy atom. The van der Waals surface area contributed by atoms with Gasteiger partial charge in [-0.25, -0.2) is 9.78 Å². The molecule has 0 atom stereocenters. The predicted octanol–water partition coefficient (Wildman–Crippen LogP) is 4.39. The number of aryl methyl sites for hydroxylation is 2. The molecule has 0 fully saturated rings. The number of hydrogen-bond acceptors (Lipinski definition) is 6. The van der Waals surface area contributed by atoms with Gasteiger partial charge < -0.3 is 4.74 Å². The summed E-state index contributed by atoms with van der Waals surface area (Å²) in [6.07, 6.45) is 0. The maximum absolute atomic E-state index is 12.2. The topological polar surface area (TPSA) is 52.1 Å². The number of esters is 1. The fourth-order valence-corrected chi connectivity index (χ4v) is 4.24. The fourth-order valence-electron chi connectivity index (χ4n) is 2.45. The van der Waals surface area contributed by atoms with Crippen molar-refractivity contribution >= 4 is 40.0 Å². The van der Waals surface area contributed by atoms with Gasteiger partial charge in [0.25, 0.3) is 0 Å². The zero-order valence-electron chi connectivity index (χ0n) is 13.1. The van der Waals surface area contributed by atoms with E-state index < -0.39 is 0 Å². The minimum absolute atomic E-state index is 0.341. The van der Waals surface area contributed by atoms with Crippen LogP contribution in [0.2, 0.25) is 0 Å². The molecule has 118 valence electrons. The van der Waals surface area contributed by atoms with Gasteiger partial charge in [-0.15, -0.1) is 11.3 Å². The van der Waals surface area contributed by atoms with Crippen molar-refractivity contribution in [3.05, 3.63) is 52.2 Å². The Balaban J connectivity index is 2.04. The number of hydrogen-bond donors (Lipinski definition) is 0. The molecule has 0 unspecified atom stereocenters. The summed E-state index contributed by atoms with van der Waals surface area (Å²) < 4.78 is 5.94. The summed E-state index contributed by atoms with van der Waals surface area (Å²) in [5.41, 5.74) is 4.11. The van der Waals surface area contributed by atoms with Gasteiger partial charge in [-0.05, 0) is 25.5 Å². The average Bonchev–Trinajstić information content (AvgIpc) is 2.98. The van der Waals surface area contributed by atoms with Gasteiger partial charge in [0.15, 0.2) is 0 Å². The van der Waals surface area contributed by atoms with E-state index in [9.17, 15) is 4.79 Å². The molecule has 0 aliphatic carbocycles. The summed E-state index contributed by atoms with van der Waals surface area (Å²) in [6, 6.07) is 7.84. The summed E-state index contributed by atoms with van der Waals surface area (Å²) in [4.78, 5) is 21.4. The van der Waals surface area contributed by atoms with Gasteiger partial charge in [0, 0.05) is 22.2 Å². The predicted molar refractivity (Wildman–Crippen MR) is 94.2 cm³/mol. The number of ether oxygens (including phenoxy) is 1. The number of nitrogens with zero attached hydrogens (tertiary/aromatic N) is 2. The highest BCUT2D eigenvalue weighted by Gasteiger charge is 2.19. The molecule has 4 nitrogen and oxygen atoms in total. The van der Waals surface area contributed by atoms with Crippen LogP contribution in [0, 0.1) is 13.8 Å². The van der Waals surface area contributed by atoms with E-state index in [1.165, 1.54) is 7.11 Å². The first-order chi connectivity index (χ1) is 11.1. The Kier molecular flexibility index (Phi) is 4.63. The number of rotatable bonds is 4. The summed E-state index contributed by atoms with van der Waals surface area (Å²) in [5, 5.41) is 2.99. The Morgan fingerprint density at radius 2 is 2.04 bits per heavy atom. The van der Waals surface area contributed by atoms with Crippen LogP contribution >= 0.6 is 23.1 Å². The molecule has 0 bridgehead atoms. The monoisotopic (exact) mass is 344 g/mol. The lowest BCUT2D eigenvalue weighted by molar-refractivity contribution is 0.0598. The van der Waals surface area contributed by atoms with Crippen LogP contribution in [0.3, 0.4) is 0 Å². The second kappa shape index (κ2) is 6.68. The highest BCUT2D eigenvalue weighted by molar-refractivity contribution is 8.00. The van der Waals surface area contributed by atoms with Crippen LogP contribution in [0.1, 0.15) is 27.3 Å². The molecule has 0 aliphatic rings. The lowest BCUT2D eigenvalue weighted by Crippen LogP contribution is -2.10. The highest BCUT2D eigenvalue weighted by Crippen LogP contribution is 2.30. The minimum atomic E-state index is -0.341. The SMILES string of the molecule is COC(=O)c1c(CSc2nc(C)cs2)nc2ccccc2c1C. The standard InChI is InChI=1S/C17H16N2O2S2/c1-10-8-22-17(18-10)23-9-14-15(16(20)21-3)11(2)12-6-4-5-7-13(12)19-14/h4-8H,9H2,1-3H3. The second-order valence-electron chi connectivity index (χ2n) is 5.11. The number of benzene rings is 1. The molecule has 3 aromatic rings. The van der Waals surface area contributed by atoms with E-state index in [-0.39, 0.29) is 5.97 Å². The quantitative estimate of drug-likeness (QED) is 0.519. The van der Waals surface area contributed by atoms with Crippen LogP contribution in [0.4, 0.5) is 0 Å². The van der Waals surface area contributed by atoms with Crippen LogP contribution in [0.25, 0.3) is 10.9 Å². The first-order valence-corrected chi connectivity index (χ1v) is 8.98. The van der Waals surface area contributed by atoms with Crippen LogP contribution in [0.5, 0.6) is 0 Å².